The summed E-state index contributed by atoms with van der Waals surface area (Å²) in [5, 5.41) is 18.7. The second-order valence-electron chi connectivity index (χ2n) is 5.61. The van der Waals surface area contributed by atoms with E-state index in [4.69, 9.17) is 15.9 Å². The van der Waals surface area contributed by atoms with Gasteiger partial charge in [-0.1, -0.05) is 0 Å². The SMILES string of the molecule is N[C@@H](Cc1cn(-c2ccc(C(=O)O)cc2)c2[nH]c(=O)ccc12)C(=O)O. The molecule has 0 aliphatic carbocycles. The summed E-state index contributed by atoms with van der Waals surface area (Å²) in [7, 11) is 0. The topological polar surface area (TPSA) is 138 Å². The highest BCUT2D eigenvalue weighted by molar-refractivity contribution is 5.88. The number of carboxylic acid groups (broad SMARTS) is 2. The fourth-order valence-electron chi connectivity index (χ4n) is 2.66. The van der Waals surface area contributed by atoms with Gasteiger partial charge in [0.1, 0.15) is 11.7 Å². The highest BCUT2D eigenvalue weighted by atomic mass is 16.4. The van der Waals surface area contributed by atoms with Gasteiger partial charge in [-0.25, -0.2) is 4.79 Å². The molecule has 1 atom stereocenters. The van der Waals surface area contributed by atoms with E-state index in [1.165, 1.54) is 18.2 Å². The first-order valence-electron chi connectivity index (χ1n) is 7.42. The number of pyridine rings is 1. The first-order chi connectivity index (χ1) is 11.9. The maximum Gasteiger partial charge on any atom is 0.335 e. The second kappa shape index (κ2) is 6.25. The fraction of sp³-hybridized carbons (Fsp3) is 0.118. The summed E-state index contributed by atoms with van der Waals surface area (Å²) < 4.78 is 1.67. The van der Waals surface area contributed by atoms with Crippen molar-refractivity contribution in [1.29, 1.82) is 0 Å². The lowest BCUT2D eigenvalue weighted by Gasteiger charge is -2.05. The quantitative estimate of drug-likeness (QED) is 0.545. The monoisotopic (exact) mass is 341 g/mol. The third kappa shape index (κ3) is 3.15. The van der Waals surface area contributed by atoms with Crippen molar-refractivity contribution in [3.8, 4) is 5.69 Å². The van der Waals surface area contributed by atoms with Crippen molar-refractivity contribution in [3.05, 3.63) is 64.1 Å². The minimum atomic E-state index is -1.11. The number of hydrogen-bond donors (Lipinski definition) is 4. The van der Waals surface area contributed by atoms with Crippen LogP contribution in [0.4, 0.5) is 0 Å². The predicted molar refractivity (Wildman–Crippen MR) is 90.2 cm³/mol. The number of benzene rings is 1. The van der Waals surface area contributed by atoms with Gasteiger partial charge in [0.15, 0.2) is 0 Å². The Kier molecular flexibility index (Phi) is 4.12. The van der Waals surface area contributed by atoms with Crippen LogP contribution in [0.2, 0.25) is 0 Å². The first-order valence-corrected chi connectivity index (χ1v) is 7.42. The zero-order valence-electron chi connectivity index (χ0n) is 13.0. The van der Waals surface area contributed by atoms with Gasteiger partial charge < -0.3 is 25.5 Å². The Morgan fingerprint density at radius 2 is 1.80 bits per heavy atom. The molecule has 0 radical (unpaired) electrons. The number of nitrogens with two attached hydrogens (primary N) is 1. The lowest BCUT2D eigenvalue weighted by Crippen LogP contribution is -2.32. The second-order valence-corrected chi connectivity index (χ2v) is 5.61. The van der Waals surface area contributed by atoms with Crippen LogP contribution in [-0.4, -0.2) is 37.7 Å². The molecule has 8 nitrogen and oxygen atoms in total. The molecule has 0 amide bonds. The number of aliphatic carboxylic acids is 1. The van der Waals surface area contributed by atoms with E-state index in [1.54, 1.807) is 29.0 Å². The number of carboxylic acids is 2. The molecular formula is C17H15N3O5. The van der Waals surface area contributed by atoms with E-state index >= 15 is 0 Å². The molecule has 5 N–H and O–H groups in total. The number of hydrogen-bond acceptors (Lipinski definition) is 4. The first kappa shape index (κ1) is 16.5. The number of nitrogens with one attached hydrogen (secondary N) is 1. The Bertz CT molecular complexity index is 1020. The molecule has 3 rings (SSSR count). The molecule has 0 fully saturated rings. The van der Waals surface area contributed by atoms with Gasteiger partial charge in [0.2, 0.25) is 5.56 Å². The minimum absolute atomic E-state index is 0.0953. The van der Waals surface area contributed by atoms with E-state index in [1.807, 2.05) is 0 Å². The van der Waals surface area contributed by atoms with Gasteiger partial charge in [0.05, 0.1) is 5.56 Å². The van der Waals surface area contributed by atoms with E-state index in [0.717, 1.165) is 0 Å². The molecule has 8 heteroatoms. The van der Waals surface area contributed by atoms with Crippen LogP contribution in [0, 0.1) is 0 Å². The average Bonchev–Trinajstić information content (AvgIpc) is 2.92. The maximum absolute atomic E-state index is 11.7. The molecule has 1 aromatic carbocycles. The van der Waals surface area contributed by atoms with Gasteiger partial charge in [-0.05, 0) is 35.9 Å². The smallest absolute Gasteiger partial charge is 0.335 e. The van der Waals surface area contributed by atoms with Crippen LogP contribution >= 0.6 is 0 Å². The van der Waals surface area contributed by atoms with E-state index in [2.05, 4.69) is 4.98 Å². The number of rotatable bonds is 5. The van der Waals surface area contributed by atoms with Crippen molar-refractivity contribution in [2.24, 2.45) is 5.73 Å². The normalized spacial score (nSPS) is 12.2. The van der Waals surface area contributed by atoms with Crippen LogP contribution in [0.3, 0.4) is 0 Å². The Balaban J connectivity index is 2.14. The Morgan fingerprint density at radius 3 is 2.40 bits per heavy atom. The summed E-state index contributed by atoms with van der Waals surface area (Å²) in [6, 6.07) is 8.02. The van der Waals surface area contributed by atoms with Crippen molar-refractivity contribution in [2.45, 2.75) is 12.5 Å². The molecule has 0 saturated carbocycles. The highest BCUT2D eigenvalue weighted by Gasteiger charge is 2.17. The third-order valence-electron chi connectivity index (χ3n) is 3.92. The van der Waals surface area contributed by atoms with E-state index in [-0.39, 0.29) is 17.5 Å². The summed E-state index contributed by atoms with van der Waals surface area (Å²) in [5.74, 6) is -2.15. The largest absolute Gasteiger partial charge is 0.480 e. The number of aromatic nitrogens is 2. The number of aromatic amines is 1. The third-order valence-corrected chi connectivity index (χ3v) is 3.92. The van der Waals surface area contributed by atoms with Gasteiger partial charge >= 0.3 is 11.9 Å². The molecule has 2 heterocycles. The lowest BCUT2D eigenvalue weighted by atomic mass is 10.1. The molecular weight excluding hydrogens is 326 g/mol. The number of nitrogens with zero attached hydrogens (tertiary/aromatic N) is 1. The molecule has 0 aliphatic rings. The fourth-order valence-corrected chi connectivity index (χ4v) is 2.66. The lowest BCUT2D eigenvalue weighted by molar-refractivity contribution is -0.138. The van der Waals surface area contributed by atoms with Gasteiger partial charge in [-0.15, -0.1) is 0 Å². The Morgan fingerprint density at radius 1 is 1.12 bits per heavy atom. The summed E-state index contributed by atoms with van der Waals surface area (Å²) in [6.45, 7) is 0. The van der Waals surface area contributed by atoms with E-state index in [0.29, 0.717) is 22.3 Å². The van der Waals surface area contributed by atoms with Crippen molar-refractivity contribution in [1.82, 2.24) is 9.55 Å². The van der Waals surface area contributed by atoms with E-state index < -0.39 is 18.0 Å². The molecule has 128 valence electrons. The maximum atomic E-state index is 11.7. The zero-order valence-corrected chi connectivity index (χ0v) is 13.0. The summed E-state index contributed by atoms with van der Waals surface area (Å²) in [4.78, 5) is 36.4. The predicted octanol–water partition coefficient (Wildman–Crippen LogP) is 0.971. The van der Waals surface area contributed by atoms with Gasteiger partial charge in [0.25, 0.3) is 0 Å². The molecule has 0 bridgehead atoms. The van der Waals surface area contributed by atoms with Crippen LogP contribution in [0.15, 0.2) is 47.4 Å². The Labute approximate surface area is 141 Å². The summed E-state index contributed by atoms with van der Waals surface area (Å²) in [6.07, 6.45) is 1.79. The van der Waals surface area contributed by atoms with Crippen molar-refractivity contribution in [2.75, 3.05) is 0 Å². The Hall–Kier alpha value is -3.39. The van der Waals surface area contributed by atoms with Crippen molar-refractivity contribution >= 4 is 23.0 Å². The summed E-state index contributed by atoms with van der Waals surface area (Å²) in [5.41, 5.74) is 7.25. The highest BCUT2D eigenvalue weighted by Crippen LogP contribution is 2.23. The van der Waals surface area contributed by atoms with Gasteiger partial charge in [-0.3, -0.25) is 9.59 Å². The van der Waals surface area contributed by atoms with Crippen LogP contribution in [0.25, 0.3) is 16.7 Å². The molecule has 0 spiro atoms. The summed E-state index contributed by atoms with van der Waals surface area (Å²) >= 11 is 0. The number of carbonyl (C=O) groups is 2. The van der Waals surface area contributed by atoms with Crippen LogP contribution < -0.4 is 11.3 Å². The average molecular weight is 341 g/mol. The van der Waals surface area contributed by atoms with Crippen LogP contribution in [-0.2, 0) is 11.2 Å². The standard InChI is InChI=1S/C17H15N3O5/c18-13(17(24)25)7-10-8-20(15-12(10)5-6-14(21)19-15)11-3-1-9(2-4-11)16(22)23/h1-6,8,13H,7,18H2,(H,19,21)(H,22,23)(H,24,25)/t13-/m0/s1. The van der Waals surface area contributed by atoms with Gasteiger partial charge in [0, 0.05) is 29.8 Å². The molecule has 0 unspecified atom stereocenters. The molecule has 25 heavy (non-hydrogen) atoms. The number of aromatic carboxylic acids is 1. The van der Waals surface area contributed by atoms with E-state index in [9.17, 15) is 14.4 Å². The van der Waals surface area contributed by atoms with Gasteiger partial charge in [-0.2, -0.15) is 0 Å². The molecule has 0 aliphatic heterocycles. The molecule has 3 aromatic rings. The molecule has 0 saturated heterocycles. The van der Waals surface area contributed by atoms with Crippen molar-refractivity contribution in [3.63, 3.8) is 0 Å². The minimum Gasteiger partial charge on any atom is -0.480 e. The number of fused-ring (bicyclic) bond motifs is 1. The number of H-pyrrole nitrogens is 1. The van der Waals surface area contributed by atoms with Crippen molar-refractivity contribution < 1.29 is 19.8 Å². The van der Waals surface area contributed by atoms with Crippen LogP contribution in [0.5, 0.6) is 0 Å². The zero-order chi connectivity index (χ0) is 18.1. The van der Waals surface area contributed by atoms with Crippen LogP contribution in [0.1, 0.15) is 15.9 Å². The molecule has 2 aromatic heterocycles.